The van der Waals surface area contributed by atoms with Crippen LogP contribution in [0.2, 0.25) is 0 Å². The smallest absolute Gasteiger partial charge is 0.229 e. The topological polar surface area (TPSA) is 49.4 Å². The van der Waals surface area contributed by atoms with Gasteiger partial charge in [0.05, 0.1) is 5.92 Å². The van der Waals surface area contributed by atoms with E-state index in [0.29, 0.717) is 13.0 Å². The van der Waals surface area contributed by atoms with E-state index in [1.165, 1.54) is 22.3 Å². The fourth-order valence-corrected chi connectivity index (χ4v) is 3.85. The van der Waals surface area contributed by atoms with Crippen LogP contribution in [0, 0.1) is 5.92 Å². The van der Waals surface area contributed by atoms with E-state index in [9.17, 15) is 9.59 Å². The molecule has 2 aromatic carbocycles. The number of benzene rings is 2. The van der Waals surface area contributed by atoms with Gasteiger partial charge in [0, 0.05) is 24.7 Å². The van der Waals surface area contributed by atoms with Crippen LogP contribution in [0.15, 0.2) is 42.5 Å². The predicted molar refractivity (Wildman–Crippen MR) is 98.3 cm³/mol. The van der Waals surface area contributed by atoms with Crippen molar-refractivity contribution in [2.45, 2.75) is 32.7 Å². The van der Waals surface area contributed by atoms with Gasteiger partial charge in [-0.2, -0.15) is 0 Å². The SMILES string of the molecule is CC(C)N1C[C@H](C(=O)Nc2ccc3c(c2)-c2ccccc2C3)CC1=O. The molecule has 4 rings (SSSR count). The Balaban J connectivity index is 1.52. The fraction of sp³-hybridized carbons (Fsp3) is 0.333. The van der Waals surface area contributed by atoms with Crippen molar-refractivity contribution in [3.05, 3.63) is 53.6 Å². The number of nitrogens with zero attached hydrogens (tertiary/aromatic N) is 1. The third-order valence-electron chi connectivity index (χ3n) is 5.22. The molecule has 0 bridgehead atoms. The van der Waals surface area contributed by atoms with E-state index in [0.717, 1.165) is 12.1 Å². The Hall–Kier alpha value is -2.62. The molecule has 1 fully saturated rings. The van der Waals surface area contributed by atoms with Crippen LogP contribution in [-0.2, 0) is 16.0 Å². The van der Waals surface area contributed by atoms with Crippen molar-refractivity contribution < 1.29 is 9.59 Å². The zero-order valence-electron chi connectivity index (χ0n) is 14.6. The van der Waals surface area contributed by atoms with Crippen LogP contribution in [0.1, 0.15) is 31.4 Å². The molecule has 0 saturated carbocycles. The number of anilines is 1. The van der Waals surface area contributed by atoms with Crippen molar-refractivity contribution in [3.63, 3.8) is 0 Å². The molecule has 1 atom stereocenters. The van der Waals surface area contributed by atoms with Gasteiger partial charge in [0.15, 0.2) is 0 Å². The Morgan fingerprint density at radius 1 is 1.12 bits per heavy atom. The fourth-order valence-electron chi connectivity index (χ4n) is 3.85. The van der Waals surface area contributed by atoms with Crippen molar-refractivity contribution in [1.82, 2.24) is 4.90 Å². The number of carbonyl (C=O) groups excluding carboxylic acids is 2. The molecule has 1 saturated heterocycles. The minimum atomic E-state index is -0.268. The normalized spacial score (nSPS) is 18.4. The van der Waals surface area contributed by atoms with Gasteiger partial charge in [-0.25, -0.2) is 0 Å². The lowest BCUT2D eigenvalue weighted by Crippen LogP contribution is -2.33. The number of amides is 2. The van der Waals surface area contributed by atoms with E-state index >= 15 is 0 Å². The van der Waals surface area contributed by atoms with Gasteiger partial charge in [-0.15, -0.1) is 0 Å². The number of hydrogen-bond acceptors (Lipinski definition) is 2. The number of fused-ring (bicyclic) bond motifs is 3. The summed E-state index contributed by atoms with van der Waals surface area (Å²) < 4.78 is 0. The molecule has 1 aliphatic carbocycles. The van der Waals surface area contributed by atoms with Gasteiger partial charge in [0.25, 0.3) is 0 Å². The number of nitrogens with one attached hydrogen (secondary N) is 1. The molecule has 4 nitrogen and oxygen atoms in total. The summed E-state index contributed by atoms with van der Waals surface area (Å²) in [5.41, 5.74) is 5.86. The molecule has 1 aliphatic heterocycles. The molecule has 128 valence electrons. The van der Waals surface area contributed by atoms with Crippen molar-refractivity contribution in [1.29, 1.82) is 0 Å². The molecule has 2 amide bonds. The predicted octanol–water partition coefficient (Wildman–Crippen LogP) is 3.45. The minimum absolute atomic E-state index is 0.0669. The molecular weight excluding hydrogens is 312 g/mol. The van der Waals surface area contributed by atoms with Crippen LogP contribution in [0.3, 0.4) is 0 Å². The summed E-state index contributed by atoms with van der Waals surface area (Å²) in [5.74, 6) is -0.267. The van der Waals surface area contributed by atoms with Gasteiger partial charge in [-0.05, 0) is 54.7 Å². The first-order valence-corrected chi connectivity index (χ1v) is 8.84. The van der Waals surface area contributed by atoms with Gasteiger partial charge in [0.2, 0.25) is 11.8 Å². The van der Waals surface area contributed by atoms with Crippen LogP contribution < -0.4 is 5.32 Å². The van der Waals surface area contributed by atoms with Crippen molar-refractivity contribution in [2.24, 2.45) is 5.92 Å². The van der Waals surface area contributed by atoms with Crippen molar-refractivity contribution in [3.8, 4) is 11.1 Å². The molecule has 0 unspecified atom stereocenters. The second kappa shape index (κ2) is 6.03. The zero-order valence-corrected chi connectivity index (χ0v) is 14.6. The highest BCUT2D eigenvalue weighted by Gasteiger charge is 2.35. The summed E-state index contributed by atoms with van der Waals surface area (Å²) in [6, 6.07) is 14.6. The first-order valence-electron chi connectivity index (χ1n) is 8.84. The van der Waals surface area contributed by atoms with Gasteiger partial charge >= 0.3 is 0 Å². The third-order valence-corrected chi connectivity index (χ3v) is 5.22. The second-order valence-corrected chi connectivity index (χ2v) is 7.24. The van der Waals surface area contributed by atoms with Crippen molar-refractivity contribution >= 4 is 17.5 Å². The monoisotopic (exact) mass is 334 g/mol. The lowest BCUT2D eigenvalue weighted by Gasteiger charge is -2.20. The molecule has 4 heteroatoms. The summed E-state index contributed by atoms with van der Waals surface area (Å²) in [4.78, 5) is 26.4. The van der Waals surface area contributed by atoms with E-state index in [4.69, 9.17) is 0 Å². The van der Waals surface area contributed by atoms with Gasteiger partial charge < -0.3 is 10.2 Å². The first-order chi connectivity index (χ1) is 12.0. The first kappa shape index (κ1) is 15.9. The van der Waals surface area contributed by atoms with E-state index < -0.39 is 0 Å². The van der Waals surface area contributed by atoms with Crippen LogP contribution >= 0.6 is 0 Å². The van der Waals surface area contributed by atoms with Crippen LogP contribution in [0.25, 0.3) is 11.1 Å². The lowest BCUT2D eigenvalue weighted by atomic mass is 10.0. The van der Waals surface area contributed by atoms with E-state index in [2.05, 4.69) is 35.6 Å². The average molecular weight is 334 g/mol. The van der Waals surface area contributed by atoms with E-state index in [1.54, 1.807) is 4.90 Å². The zero-order chi connectivity index (χ0) is 17.6. The van der Waals surface area contributed by atoms with Crippen LogP contribution in [0.4, 0.5) is 5.69 Å². The number of carbonyl (C=O) groups is 2. The maximum absolute atomic E-state index is 12.6. The molecule has 25 heavy (non-hydrogen) atoms. The average Bonchev–Trinajstić information content (AvgIpc) is 3.15. The molecule has 2 aliphatic rings. The Bertz CT molecular complexity index is 857. The molecule has 1 heterocycles. The highest BCUT2D eigenvalue weighted by Crippen LogP contribution is 2.38. The Morgan fingerprint density at radius 3 is 2.64 bits per heavy atom. The Kier molecular flexibility index (Phi) is 3.83. The maximum Gasteiger partial charge on any atom is 0.229 e. The van der Waals surface area contributed by atoms with Gasteiger partial charge in [-0.1, -0.05) is 30.3 Å². The summed E-state index contributed by atoms with van der Waals surface area (Å²) in [6.07, 6.45) is 1.25. The Morgan fingerprint density at radius 2 is 1.88 bits per heavy atom. The number of rotatable bonds is 3. The lowest BCUT2D eigenvalue weighted by molar-refractivity contribution is -0.129. The highest BCUT2D eigenvalue weighted by molar-refractivity contribution is 5.98. The summed E-state index contributed by atoms with van der Waals surface area (Å²) in [7, 11) is 0. The molecule has 2 aromatic rings. The van der Waals surface area contributed by atoms with E-state index in [-0.39, 0.29) is 23.8 Å². The quantitative estimate of drug-likeness (QED) is 0.797. The standard InChI is InChI=1S/C21H22N2O2/c1-13(2)23-12-16(10-20(23)24)21(25)22-17-8-7-15-9-14-5-3-4-6-18(14)19(15)11-17/h3-8,11,13,16H,9-10,12H2,1-2H3,(H,22,25)/t16-/m1/s1. The minimum Gasteiger partial charge on any atom is -0.339 e. The molecule has 1 N–H and O–H groups in total. The summed E-state index contributed by atoms with van der Waals surface area (Å²) >= 11 is 0. The summed E-state index contributed by atoms with van der Waals surface area (Å²) in [6.45, 7) is 4.47. The van der Waals surface area contributed by atoms with E-state index in [1.807, 2.05) is 26.0 Å². The van der Waals surface area contributed by atoms with Crippen LogP contribution in [-0.4, -0.2) is 29.3 Å². The Labute approximate surface area is 147 Å². The van der Waals surface area contributed by atoms with Gasteiger partial charge in [-0.3, -0.25) is 9.59 Å². The summed E-state index contributed by atoms with van der Waals surface area (Å²) in [5, 5.41) is 3.01. The van der Waals surface area contributed by atoms with Crippen molar-refractivity contribution in [2.75, 3.05) is 11.9 Å². The molecular formula is C21H22N2O2. The largest absolute Gasteiger partial charge is 0.339 e. The number of likely N-dealkylation sites (tertiary alicyclic amines) is 1. The second-order valence-electron chi connectivity index (χ2n) is 7.24. The molecule has 0 spiro atoms. The maximum atomic E-state index is 12.6. The molecule has 0 aromatic heterocycles. The number of hydrogen-bond donors (Lipinski definition) is 1. The highest BCUT2D eigenvalue weighted by atomic mass is 16.2. The van der Waals surface area contributed by atoms with Crippen LogP contribution in [0.5, 0.6) is 0 Å². The molecule has 0 radical (unpaired) electrons. The third kappa shape index (κ3) is 2.82. The van der Waals surface area contributed by atoms with Gasteiger partial charge in [0.1, 0.15) is 0 Å².